The summed E-state index contributed by atoms with van der Waals surface area (Å²) in [6, 6.07) is 28.3. The second kappa shape index (κ2) is 14.6. The molecule has 2 amide bonds. The summed E-state index contributed by atoms with van der Waals surface area (Å²) in [5, 5.41) is 3.06. The zero-order valence-corrected chi connectivity index (χ0v) is 29.7. The number of amides is 2. The van der Waals surface area contributed by atoms with Crippen LogP contribution < -0.4 is 9.62 Å². The van der Waals surface area contributed by atoms with Crippen LogP contribution in [-0.4, -0.2) is 43.3 Å². The van der Waals surface area contributed by atoms with E-state index >= 15 is 0 Å². The van der Waals surface area contributed by atoms with Gasteiger partial charge in [-0.05, 0) is 94.1 Å². The Hall–Kier alpha value is -3.95. The van der Waals surface area contributed by atoms with Crippen LogP contribution in [0.3, 0.4) is 0 Å². The second-order valence-electron chi connectivity index (χ2n) is 12.7. The SMILES string of the molecule is Cc1ccc(S(=O)(=O)N(CC(=O)N(Cc2ccc(Br)cc2)[C@H](Cc2ccccc2)C(=O)NC(C)(C)C)c2cc(C)ccc2C)cc1. The van der Waals surface area contributed by atoms with E-state index in [2.05, 4.69) is 21.2 Å². The second-order valence-corrected chi connectivity index (χ2v) is 15.5. The molecule has 1 N–H and O–H groups in total. The Kier molecular flexibility index (Phi) is 11.1. The number of hydrogen-bond donors (Lipinski definition) is 1. The number of benzene rings is 4. The summed E-state index contributed by atoms with van der Waals surface area (Å²) in [5.41, 5.74) is 4.02. The number of halogens is 1. The van der Waals surface area contributed by atoms with Gasteiger partial charge in [0.1, 0.15) is 12.6 Å². The third-order valence-electron chi connectivity index (χ3n) is 7.56. The molecule has 4 aromatic carbocycles. The van der Waals surface area contributed by atoms with Crippen LogP contribution in [0.15, 0.2) is 106 Å². The van der Waals surface area contributed by atoms with E-state index in [-0.39, 0.29) is 23.8 Å². The van der Waals surface area contributed by atoms with Crippen molar-refractivity contribution >= 4 is 43.5 Å². The highest BCUT2D eigenvalue weighted by atomic mass is 79.9. The van der Waals surface area contributed by atoms with E-state index in [0.717, 1.165) is 26.7 Å². The van der Waals surface area contributed by atoms with Gasteiger partial charge in [-0.3, -0.25) is 13.9 Å². The van der Waals surface area contributed by atoms with Crippen LogP contribution in [0.1, 0.15) is 48.6 Å². The minimum atomic E-state index is -4.17. The Morgan fingerprint density at radius 1 is 0.804 bits per heavy atom. The van der Waals surface area contributed by atoms with Gasteiger partial charge in [-0.2, -0.15) is 0 Å². The van der Waals surface area contributed by atoms with Crippen LogP contribution in [0.25, 0.3) is 0 Å². The van der Waals surface area contributed by atoms with Crippen LogP contribution >= 0.6 is 15.9 Å². The molecule has 4 rings (SSSR count). The van der Waals surface area contributed by atoms with Gasteiger partial charge in [-0.1, -0.05) is 88.2 Å². The van der Waals surface area contributed by atoms with Crippen molar-refractivity contribution in [1.82, 2.24) is 10.2 Å². The van der Waals surface area contributed by atoms with Gasteiger partial charge in [0.15, 0.2) is 0 Å². The number of aryl methyl sites for hydroxylation is 3. The highest BCUT2D eigenvalue weighted by molar-refractivity contribution is 9.10. The van der Waals surface area contributed by atoms with Gasteiger partial charge >= 0.3 is 0 Å². The van der Waals surface area contributed by atoms with Crippen molar-refractivity contribution in [3.8, 4) is 0 Å². The molecule has 242 valence electrons. The van der Waals surface area contributed by atoms with Gasteiger partial charge < -0.3 is 10.2 Å². The first-order chi connectivity index (χ1) is 21.6. The molecule has 46 heavy (non-hydrogen) atoms. The number of carbonyl (C=O) groups is 2. The Balaban J connectivity index is 1.84. The first kappa shape index (κ1) is 34.9. The zero-order valence-electron chi connectivity index (χ0n) is 27.2. The number of rotatable bonds is 11. The first-order valence-corrected chi connectivity index (χ1v) is 17.4. The standard InChI is InChI=1S/C37H42BrN3O4S/c1-26-13-20-32(21-14-26)46(44,45)41(33-22-27(2)12-15-28(33)3)25-35(42)40(24-30-16-18-31(38)19-17-30)34(36(43)39-37(4,5)6)23-29-10-8-7-9-11-29/h7-22,34H,23-25H2,1-6H3,(H,39,43)/t34-/m1/s1. The largest absolute Gasteiger partial charge is 0.350 e. The number of nitrogens with zero attached hydrogens (tertiary/aromatic N) is 2. The van der Waals surface area contributed by atoms with E-state index in [9.17, 15) is 18.0 Å². The lowest BCUT2D eigenvalue weighted by atomic mass is 10.0. The smallest absolute Gasteiger partial charge is 0.264 e. The fraction of sp³-hybridized carbons (Fsp3) is 0.297. The Labute approximate surface area is 281 Å². The fourth-order valence-corrected chi connectivity index (χ4v) is 6.87. The normalized spacial score (nSPS) is 12.3. The molecule has 0 aromatic heterocycles. The molecule has 4 aromatic rings. The molecular formula is C37H42BrN3O4S. The van der Waals surface area contributed by atoms with Gasteiger partial charge in [0.2, 0.25) is 11.8 Å². The van der Waals surface area contributed by atoms with Crippen molar-refractivity contribution < 1.29 is 18.0 Å². The number of nitrogens with one attached hydrogen (secondary N) is 1. The summed E-state index contributed by atoms with van der Waals surface area (Å²) in [4.78, 5) is 30.3. The van der Waals surface area contributed by atoms with Crippen LogP contribution in [0, 0.1) is 20.8 Å². The highest BCUT2D eigenvalue weighted by Gasteiger charge is 2.36. The van der Waals surface area contributed by atoms with Crippen LogP contribution in [0.5, 0.6) is 0 Å². The average Bonchev–Trinajstić information content (AvgIpc) is 2.99. The highest BCUT2D eigenvalue weighted by Crippen LogP contribution is 2.29. The Morgan fingerprint density at radius 2 is 1.41 bits per heavy atom. The van der Waals surface area contributed by atoms with Gasteiger partial charge in [-0.15, -0.1) is 0 Å². The number of anilines is 1. The molecular weight excluding hydrogens is 662 g/mol. The van der Waals surface area contributed by atoms with Crippen LogP contribution in [0.2, 0.25) is 0 Å². The van der Waals surface area contributed by atoms with Crippen molar-refractivity contribution in [2.45, 2.75) is 71.0 Å². The summed E-state index contributed by atoms with van der Waals surface area (Å²) >= 11 is 3.47. The fourth-order valence-electron chi connectivity index (χ4n) is 5.13. The van der Waals surface area contributed by atoms with Gasteiger partial charge in [0, 0.05) is 23.0 Å². The molecule has 7 nitrogen and oxygen atoms in total. The maximum absolute atomic E-state index is 14.7. The maximum atomic E-state index is 14.7. The predicted molar refractivity (Wildman–Crippen MR) is 188 cm³/mol. The number of hydrogen-bond acceptors (Lipinski definition) is 4. The molecule has 1 atom stereocenters. The number of sulfonamides is 1. The van der Waals surface area contributed by atoms with Crippen molar-refractivity contribution in [3.05, 3.63) is 129 Å². The van der Waals surface area contributed by atoms with E-state index < -0.39 is 34.1 Å². The molecule has 0 heterocycles. The van der Waals surface area contributed by atoms with Gasteiger partial charge in [0.05, 0.1) is 10.6 Å². The Bertz CT molecular complexity index is 1770. The predicted octanol–water partition coefficient (Wildman–Crippen LogP) is 7.12. The summed E-state index contributed by atoms with van der Waals surface area (Å²) in [5.74, 6) is -0.814. The molecule has 0 bridgehead atoms. The summed E-state index contributed by atoms with van der Waals surface area (Å²) in [6.45, 7) is 10.9. The number of carbonyl (C=O) groups excluding carboxylic acids is 2. The lowest BCUT2D eigenvalue weighted by Crippen LogP contribution is -2.56. The molecule has 0 spiro atoms. The molecule has 0 radical (unpaired) electrons. The van der Waals surface area contributed by atoms with Crippen molar-refractivity contribution in [1.29, 1.82) is 0 Å². The molecule has 0 saturated heterocycles. The van der Waals surface area contributed by atoms with Crippen molar-refractivity contribution in [3.63, 3.8) is 0 Å². The van der Waals surface area contributed by atoms with Crippen molar-refractivity contribution in [2.75, 3.05) is 10.8 Å². The third kappa shape index (κ3) is 9.07. The monoisotopic (exact) mass is 703 g/mol. The molecule has 0 aliphatic carbocycles. The maximum Gasteiger partial charge on any atom is 0.264 e. The molecule has 0 saturated carbocycles. The summed E-state index contributed by atoms with van der Waals surface area (Å²) < 4.78 is 30.7. The van der Waals surface area contributed by atoms with E-state index in [4.69, 9.17) is 0 Å². The lowest BCUT2D eigenvalue weighted by molar-refractivity contribution is -0.140. The quantitative estimate of drug-likeness (QED) is 0.180. The van der Waals surface area contributed by atoms with Crippen molar-refractivity contribution in [2.24, 2.45) is 0 Å². The van der Waals surface area contributed by atoms with Gasteiger partial charge in [0.25, 0.3) is 10.0 Å². The summed E-state index contributed by atoms with van der Waals surface area (Å²) in [6.07, 6.45) is 0.249. The molecule has 9 heteroatoms. The van der Waals surface area contributed by atoms with E-state index in [1.54, 1.807) is 30.3 Å². The lowest BCUT2D eigenvalue weighted by Gasteiger charge is -2.35. The van der Waals surface area contributed by atoms with E-state index in [1.807, 2.05) is 108 Å². The average molecular weight is 705 g/mol. The van der Waals surface area contributed by atoms with E-state index in [0.29, 0.717) is 11.3 Å². The minimum absolute atomic E-state index is 0.0811. The molecule has 0 aliphatic heterocycles. The Morgan fingerprint density at radius 3 is 2.02 bits per heavy atom. The zero-order chi connectivity index (χ0) is 33.6. The topological polar surface area (TPSA) is 86.8 Å². The van der Waals surface area contributed by atoms with Crippen LogP contribution in [0.4, 0.5) is 5.69 Å². The summed E-state index contributed by atoms with van der Waals surface area (Å²) in [7, 11) is -4.17. The molecule has 0 aliphatic rings. The molecule has 0 unspecified atom stereocenters. The van der Waals surface area contributed by atoms with Gasteiger partial charge in [-0.25, -0.2) is 8.42 Å². The molecule has 0 fully saturated rings. The van der Waals surface area contributed by atoms with Crippen LogP contribution in [-0.2, 0) is 32.6 Å². The minimum Gasteiger partial charge on any atom is -0.350 e. The first-order valence-electron chi connectivity index (χ1n) is 15.2. The van der Waals surface area contributed by atoms with E-state index in [1.165, 1.54) is 9.21 Å². The third-order valence-corrected chi connectivity index (χ3v) is 9.86.